The number of halogens is 1. The van der Waals surface area contributed by atoms with Gasteiger partial charge in [0.2, 0.25) is 0 Å². The van der Waals surface area contributed by atoms with Gasteiger partial charge in [-0.3, -0.25) is 4.90 Å². The molecule has 0 spiro atoms. The molecule has 0 N–H and O–H groups in total. The van der Waals surface area contributed by atoms with E-state index in [2.05, 4.69) is 30.9 Å². The van der Waals surface area contributed by atoms with E-state index >= 15 is 0 Å². The van der Waals surface area contributed by atoms with Crippen molar-refractivity contribution < 1.29 is 0 Å². The van der Waals surface area contributed by atoms with Crippen LogP contribution in [0, 0.1) is 5.92 Å². The molecule has 0 radical (unpaired) electrons. The van der Waals surface area contributed by atoms with E-state index in [1.165, 1.54) is 32.2 Å². The van der Waals surface area contributed by atoms with Crippen LogP contribution < -0.4 is 0 Å². The summed E-state index contributed by atoms with van der Waals surface area (Å²) in [5.41, 5.74) is 0. The summed E-state index contributed by atoms with van der Waals surface area (Å²) < 4.78 is 0. The highest BCUT2D eigenvalue weighted by Gasteiger charge is 2.21. The molecule has 1 aliphatic carbocycles. The summed E-state index contributed by atoms with van der Waals surface area (Å²) in [7, 11) is 0. The van der Waals surface area contributed by atoms with Gasteiger partial charge in [-0.25, -0.2) is 0 Å². The Hall–Kier alpha value is -0.0100. The van der Waals surface area contributed by atoms with Crippen LogP contribution in [0.4, 0.5) is 0 Å². The standard InChI is InChI=1S/C13H24ClN/c1-12(2)11-15(10-6-5-9-14)13-7-3-4-8-13/h5-6,12-13H,3-4,7-11H2,1-2H3. The van der Waals surface area contributed by atoms with Crippen LogP contribution in [0.25, 0.3) is 0 Å². The predicted octanol–water partition coefficient (Wildman–Crippen LogP) is 3.68. The number of hydrogen-bond donors (Lipinski definition) is 0. The molecule has 0 aromatic heterocycles. The minimum atomic E-state index is 0.639. The molecule has 0 aromatic carbocycles. The van der Waals surface area contributed by atoms with Crippen LogP contribution in [0.3, 0.4) is 0 Å². The molecule has 88 valence electrons. The van der Waals surface area contributed by atoms with E-state index < -0.39 is 0 Å². The summed E-state index contributed by atoms with van der Waals surface area (Å²) >= 11 is 5.65. The third-order valence-corrected chi connectivity index (χ3v) is 3.21. The van der Waals surface area contributed by atoms with Crippen molar-refractivity contribution in [3.05, 3.63) is 12.2 Å². The van der Waals surface area contributed by atoms with Crippen LogP contribution in [0.2, 0.25) is 0 Å². The van der Waals surface area contributed by atoms with Crippen molar-refractivity contribution in [1.82, 2.24) is 4.90 Å². The molecule has 0 bridgehead atoms. The van der Waals surface area contributed by atoms with Crippen LogP contribution in [0.5, 0.6) is 0 Å². The van der Waals surface area contributed by atoms with Crippen molar-refractivity contribution >= 4 is 11.6 Å². The minimum absolute atomic E-state index is 0.639. The molecule has 0 amide bonds. The van der Waals surface area contributed by atoms with Crippen LogP contribution in [-0.4, -0.2) is 29.9 Å². The second kappa shape index (κ2) is 7.29. The van der Waals surface area contributed by atoms with Gasteiger partial charge in [0.05, 0.1) is 0 Å². The molecule has 0 heterocycles. The third-order valence-electron chi connectivity index (χ3n) is 3.04. The summed E-state index contributed by atoms with van der Waals surface area (Å²) in [6, 6.07) is 0.826. The van der Waals surface area contributed by atoms with Crippen molar-refractivity contribution in [1.29, 1.82) is 0 Å². The monoisotopic (exact) mass is 229 g/mol. The van der Waals surface area contributed by atoms with Gasteiger partial charge in [-0.2, -0.15) is 0 Å². The summed E-state index contributed by atoms with van der Waals surface area (Å²) in [6.45, 7) is 6.90. The van der Waals surface area contributed by atoms with Crippen molar-refractivity contribution in [3.63, 3.8) is 0 Å². The Labute approximate surface area is 99.5 Å². The normalized spacial score (nSPS) is 18.7. The second-order valence-corrected chi connectivity index (χ2v) is 5.22. The van der Waals surface area contributed by atoms with E-state index in [-0.39, 0.29) is 0 Å². The molecule has 1 rings (SSSR count). The zero-order valence-corrected chi connectivity index (χ0v) is 10.8. The Morgan fingerprint density at radius 1 is 1.27 bits per heavy atom. The highest BCUT2D eigenvalue weighted by atomic mass is 35.5. The first kappa shape index (κ1) is 13.1. The number of alkyl halides is 1. The molecule has 1 nitrogen and oxygen atoms in total. The maximum Gasteiger partial charge on any atom is 0.0404 e. The molecular formula is C13H24ClN. The fourth-order valence-electron chi connectivity index (χ4n) is 2.38. The fraction of sp³-hybridized carbons (Fsp3) is 0.846. The lowest BCUT2D eigenvalue weighted by Crippen LogP contribution is -2.36. The van der Waals surface area contributed by atoms with E-state index in [0.717, 1.165) is 18.5 Å². The van der Waals surface area contributed by atoms with Gasteiger partial charge in [0, 0.05) is 25.0 Å². The number of hydrogen-bond acceptors (Lipinski definition) is 1. The van der Waals surface area contributed by atoms with E-state index in [4.69, 9.17) is 11.6 Å². The summed E-state index contributed by atoms with van der Waals surface area (Å²) in [5.74, 6) is 1.40. The fourth-order valence-corrected chi connectivity index (χ4v) is 2.51. The van der Waals surface area contributed by atoms with Gasteiger partial charge in [-0.05, 0) is 18.8 Å². The van der Waals surface area contributed by atoms with Gasteiger partial charge < -0.3 is 0 Å². The van der Waals surface area contributed by atoms with Gasteiger partial charge in [-0.15, -0.1) is 11.6 Å². The quantitative estimate of drug-likeness (QED) is 0.496. The average Bonchev–Trinajstić information content (AvgIpc) is 2.68. The first-order valence-corrected chi connectivity index (χ1v) is 6.72. The van der Waals surface area contributed by atoms with Gasteiger partial charge in [0.25, 0.3) is 0 Å². The Bertz CT molecular complexity index is 183. The van der Waals surface area contributed by atoms with Crippen molar-refractivity contribution in [2.24, 2.45) is 5.92 Å². The number of rotatable bonds is 6. The third kappa shape index (κ3) is 5.03. The SMILES string of the molecule is CC(C)CN(CC=CCCl)C1CCCC1. The highest BCUT2D eigenvalue weighted by molar-refractivity contribution is 6.18. The van der Waals surface area contributed by atoms with E-state index in [1.54, 1.807) is 0 Å². The van der Waals surface area contributed by atoms with Crippen LogP contribution in [0.1, 0.15) is 39.5 Å². The first-order chi connectivity index (χ1) is 7.24. The van der Waals surface area contributed by atoms with E-state index in [1.807, 2.05) is 0 Å². The molecule has 0 aromatic rings. The van der Waals surface area contributed by atoms with Crippen LogP contribution >= 0.6 is 11.6 Å². The minimum Gasteiger partial charge on any atom is -0.296 e. The number of nitrogens with zero attached hydrogens (tertiary/aromatic N) is 1. The molecule has 0 saturated heterocycles. The Morgan fingerprint density at radius 3 is 2.47 bits per heavy atom. The van der Waals surface area contributed by atoms with Crippen molar-refractivity contribution in [3.8, 4) is 0 Å². The lowest BCUT2D eigenvalue weighted by Gasteiger charge is -2.29. The van der Waals surface area contributed by atoms with Crippen molar-refractivity contribution in [2.45, 2.75) is 45.6 Å². The van der Waals surface area contributed by atoms with Crippen LogP contribution in [-0.2, 0) is 0 Å². The summed E-state index contributed by atoms with van der Waals surface area (Å²) in [6.07, 6.45) is 9.89. The zero-order chi connectivity index (χ0) is 11.1. The molecule has 0 atom stereocenters. The lowest BCUT2D eigenvalue weighted by molar-refractivity contribution is 0.197. The van der Waals surface area contributed by atoms with Crippen molar-refractivity contribution in [2.75, 3.05) is 19.0 Å². The summed E-state index contributed by atoms with van der Waals surface area (Å²) in [5, 5.41) is 0. The molecule has 0 aliphatic heterocycles. The van der Waals surface area contributed by atoms with Gasteiger partial charge in [-0.1, -0.05) is 38.8 Å². The Balaban J connectivity index is 2.40. The highest BCUT2D eigenvalue weighted by Crippen LogP contribution is 2.24. The first-order valence-electron chi connectivity index (χ1n) is 6.19. The van der Waals surface area contributed by atoms with Gasteiger partial charge in [0.1, 0.15) is 0 Å². The molecule has 15 heavy (non-hydrogen) atoms. The second-order valence-electron chi connectivity index (χ2n) is 4.91. The summed E-state index contributed by atoms with van der Waals surface area (Å²) in [4.78, 5) is 2.63. The van der Waals surface area contributed by atoms with Gasteiger partial charge in [0.15, 0.2) is 0 Å². The van der Waals surface area contributed by atoms with E-state index in [0.29, 0.717) is 5.88 Å². The zero-order valence-electron chi connectivity index (χ0n) is 10.1. The molecule has 2 heteroatoms. The van der Waals surface area contributed by atoms with Crippen LogP contribution in [0.15, 0.2) is 12.2 Å². The molecule has 1 saturated carbocycles. The van der Waals surface area contributed by atoms with E-state index in [9.17, 15) is 0 Å². The predicted molar refractivity (Wildman–Crippen MR) is 68.5 cm³/mol. The molecular weight excluding hydrogens is 206 g/mol. The Kier molecular flexibility index (Phi) is 6.35. The Morgan fingerprint density at radius 2 is 1.93 bits per heavy atom. The average molecular weight is 230 g/mol. The lowest BCUT2D eigenvalue weighted by atomic mass is 10.1. The smallest absolute Gasteiger partial charge is 0.0404 e. The molecule has 0 unspecified atom stereocenters. The van der Waals surface area contributed by atoms with Gasteiger partial charge >= 0.3 is 0 Å². The number of allylic oxidation sites excluding steroid dienone is 1. The molecule has 1 fully saturated rings. The maximum absolute atomic E-state index is 5.65. The largest absolute Gasteiger partial charge is 0.296 e. The maximum atomic E-state index is 5.65. The molecule has 1 aliphatic rings. The topological polar surface area (TPSA) is 3.24 Å².